The number of nitro groups is 1. The van der Waals surface area contributed by atoms with Crippen molar-refractivity contribution >= 4 is 24.0 Å². The standard InChI is InChI=1S/C14H19N3O3.ClH/c1-10-5-3-7-12(17(19)20)13(10)14(18)16-8-4-6-11(9-16)15-2;/h3,5,7,11,15H,4,6,8-9H2,1-2H3;1H. The van der Waals surface area contributed by atoms with Crippen LogP contribution in [-0.4, -0.2) is 41.9 Å². The third-order valence-electron chi connectivity index (χ3n) is 3.78. The number of carbonyl (C=O) groups is 1. The van der Waals surface area contributed by atoms with E-state index >= 15 is 0 Å². The monoisotopic (exact) mass is 313 g/mol. The molecule has 1 fully saturated rings. The fourth-order valence-corrected chi connectivity index (χ4v) is 2.64. The van der Waals surface area contributed by atoms with E-state index in [9.17, 15) is 14.9 Å². The minimum Gasteiger partial charge on any atom is -0.337 e. The molecule has 1 atom stereocenters. The molecule has 1 unspecified atom stereocenters. The zero-order valence-corrected chi connectivity index (χ0v) is 13.0. The number of piperidine rings is 1. The quantitative estimate of drug-likeness (QED) is 0.685. The molecule has 1 aliphatic rings. The number of nitrogens with zero attached hydrogens (tertiary/aromatic N) is 2. The molecule has 1 aliphatic heterocycles. The Hall–Kier alpha value is -1.66. The first-order valence-electron chi connectivity index (χ1n) is 6.75. The second-order valence-electron chi connectivity index (χ2n) is 5.11. The van der Waals surface area contributed by atoms with Crippen molar-refractivity contribution in [2.75, 3.05) is 20.1 Å². The Bertz CT molecular complexity index is 536. The lowest BCUT2D eigenvalue weighted by Gasteiger charge is -2.32. The lowest BCUT2D eigenvalue weighted by Crippen LogP contribution is -2.47. The van der Waals surface area contributed by atoms with Crippen molar-refractivity contribution in [1.29, 1.82) is 0 Å². The van der Waals surface area contributed by atoms with E-state index in [0.717, 1.165) is 12.8 Å². The fraction of sp³-hybridized carbons (Fsp3) is 0.500. The van der Waals surface area contributed by atoms with Crippen molar-refractivity contribution in [3.05, 3.63) is 39.4 Å². The highest BCUT2D eigenvalue weighted by Crippen LogP contribution is 2.25. The van der Waals surface area contributed by atoms with Crippen LogP contribution in [0.25, 0.3) is 0 Å². The van der Waals surface area contributed by atoms with Crippen LogP contribution >= 0.6 is 12.4 Å². The van der Waals surface area contributed by atoms with Gasteiger partial charge in [0.1, 0.15) is 5.56 Å². The zero-order valence-electron chi connectivity index (χ0n) is 12.2. The average Bonchev–Trinajstić information content (AvgIpc) is 2.46. The highest BCUT2D eigenvalue weighted by Gasteiger charge is 2.29. The lowest BCUT2D eigenvalue weighted by atomic mass is 10.0. The average molecular weight is 314 g/mol. The Morgan fingerprint density at radius 1 is 1.48 bits per heavy atom. The van der Waals surface area contributed by atoms with Gasteiger partial charge >= 0.3 is 0 Å². The van der Waals surface area contributed by atoms with Gasteiger partial charge in [0, 0.05) is 25.2 Å². The zero-order chi connectivity index (χ0) is 14.7. The minimum absolute atomic E-state index is 0. The molecule has 0 saturated carbocycles. The van der Waals surface area contributed by atoms with Crippen LogP contribution in [0, 0.1) is 17.0 Å². The number of likely N-dealkylation sites (N-methyl/N-ethyl adjacent to an activating group) is 1. The SMILES string of the molecule is CNC1CCCN(C(=O)c2c(C)cccc2[N+](=O)[O-])C1.Cl. The number of halogens is 1. The molecule has 0 spiro atoms. The molecular weight excluding hydrogens is 294 g/mol. The van der Waals surface area contributed by atoms with Crippen LogP contribution in [0.15, 0.2) is 18.2 Å². The predicted octanol–water partition coefficient (Wildman–Crippen LogP) is 2.15. The Morgan fingerprint density at radius 3 is 2.81 bits per heavy atom. The van der Waals surface area contributed by atoms with Crippen LogP contribution in [0.4, 0.5) is 5.69 Å². The van der Waals surface area contributed by atoms with Crippen molar-refractivity contribution in [1.82, 2.24) is 10.2 Å². The number of rotatable bonds is 3. The number of hydrogen-bond acceptors (Lipinski definition) is 4. The molecule has 1 aromatic rings. The topological polar surface area (TPSA) is 75.5 Å². The molecule has 1 aromatic carbocycles. The summed E-state index contributed by atoms with van der Waals surface area (Å²) in [5, 5.41) is 14.3. The second-order valence-corrected chi connectivity index (χ2v) is 5.11. The molecule has 0 radical (unpaired) electrons. The van der Waals surface area contributed by atoms with E-state index in [-0.39, 0.29) is 35.6 Å². The van der Waals surface area contributed by atoms with E-state index < -0.39 is 4.92 Å². The molecule has 1 N–H and O–H groups in total. The molecule has 7 heteroatoms. The van der Waals surface area contributed by atoms with Gasteiger partial charge in [0.05, 0.1) is 4.92 Å². The molecule has 116 valence electrons. The molecular formula is C14H20ClN3O3. The number of nitrogens with one attached hydrogen (secondary N) is 1. The van der Waals surface area contributed by atoms with E-state index in [0.29, 0.717) is 18.7 Å². The third-order valence-corrected chi connectivity index (χ3v) is 3.78. The maximum absolute atomic E-state index is 12.6. The number of carbonyl (C=O) groups excluding carboxylic acids is 1. The summed E-state index contributed by atoms with van der Waals surface area (Å²) in [4.78, 5) is 24.9. The van der Waals surface area contributed by atoms with Gasteiger partial charge in [0.25, 0.3) is 11.6 Å². The third kappa shape index (κ3) is 3.71. The van der Waals surface area contributed by atoms with E-state index in [1.807, 2.05) is 7.05 Å². The van der Waals surface area contributed by atoms with E-state index in [2.05, 4.69) is 5.32 Å². The van der Waals surface area contributed by atoms with Gasteiger partial charge in [-0.1, -0.05) is 12.1 Å². The molecule has 1 heterocycles. The van der Waals surface area contributed by atoms with Crippen molar-refractivity contribution in [2.45, 2.75) is 25.8 Å². The predicted molar refractivity (Wildman–Crippen MR) is 83.1 cm³/mol. The summed E-state index contributed by atoms with van der Waals surface area (Å²) in [5.41, 5.74) is 0.756. The van der Waals surface area contributed by atoms with Crippen molar-refractivity contribution in [2.24, 2.45) is 0 Å². The van der Waals surface area contributed by atoms with Crippen LogP contribution in [0.1, 0.15) is 28.8 Å². The van der Waals surface area contributed by atoms with Crippen LogP contribution in [-0.2, 0) is 0 Å². The van der Waals surface area contributed by atoms with Crippen LogP contribution < -0.4 is 5.32 Å². The number of benzene rings is 1. The maximum atomic E-state index is 12.6. The largest absolute Gasteiger partial charge is 0.337 e. The van der Waals surface area contributed by atoms with Gasteiger partial charge in [-0.2, -0.15) is 0 Å². The van der Waals surface area contributed by atoms with Gasteiger partial charge in [-0.15, -0.1) is 12.4 Å². The molecule has 21 heavy (non-hydrogen) atoms. The normalized spacial score (nSPS) is 18.0. The van der Waals surface area contributed by atoms with E-state index in [1.165, 1.54) is 6.07 Å². The van der Waals surface area contributed by atoms with Crippen molar-refractivity contribution in [3.63, 3.8) is 0 Å². The first kappa shape index (κ1) is 17.4. The summed E-state index contributed by atoms with van der Waals surface area (Å²) in [6.07, 6.45) is 1.94. The number of likely N-dealkylation sites (tertiary alicyclic amines) is 1. The smallest absolute Gasteiger partial charge is 0.282 e. The second kappa shape index (κ2) is 7.38. The van der Waals surface area contributed by atoms with E-state index in [1.54, 1.807) is 24.0 Å². The Kier molecular flexibility index (Phi) is 6.11. The van der Waals surface area contributed by atoms with Gasteiger partial charge in [-0.05, 0) is 32.4 Å². The van der Waals surface area contributed by atoms with Crippen LogP contribution in [0.5, 0.6) is 0 Å². The van der Waals surface area contributed by atoms with Crippen LogP contribution in [0.3, 0.4) is 0 Å². The number of aryl methyl sites for hydroxylation is 1. The molecule has 2 rings (SSSR count). The lowest BCUT2D eigenvalue weighted by molar-refractivity contribution is -0.385. The Balaban J connectivity index is 0.00000220. The summed E-state index contributed by atoms with van der Waals surface area (Å²) in [6, 6.07) is 4.99. The van der Waals surface area contributed by atoms with Crippen molar-refractivity contribution < 1.29 is 9.72 Å². The first-order valence-corrected chi connectivity index (χ1v) is 6.75. The first-order chi connectivity index (χ1) is 9.54. The summed E-state index contributed by atoms with van der Waals surface area (Å²) in [7, 11) is 1.87. The fourth-order valence-electron chi connectivity index (χ4n) is 2.64. The summed E-state index contributed by atoms with van der Waals surface area (Å²) in [5.74, 6) is -0.241. The molecule has 0 bridgehead atoms. The summed E-state index contributed by atoms with van der Waals surface area (Å²) in [6.45, 7) is 2.99. The molecule has 6 nitrogen and oxygen atoms in total. The molecule has 0 aliphatic carbocycles. The maximum Gasteiger partial charge on any atom is 0.282 e. The van der Waals surface area contributed by atoms with Gasteiger partial charge < -0.3 is 10.2 Å². The molecule has 1 amide bonds. The number of amides is 1. The Labute approximate surface area is 130 Å². The molecule has 1 saturated heterocycles. The highest BCUT2D eigenvalue weighted by molar-refractivity contribution is 5.99. The highest BCUT2D eigenvalue weighted by atomic mass is 35.5. The van der Waals surface area contributed by atoms with Gasteiger partial charge in [-0.3, -0.25) is 14.9 Å². The van der Waals surface area contributed by atoms with Gasteiger partial charge in [0.15, 0.2) is 0 Å². The summed E-state index contributed by atoms with van der Waals surface area (Å²) < 4.78 is 0. The number of nitro benzene ring substituents is 1. The minimum atomic E-state index is -0.486. The summed E-state index contributed by atoms with van der Waals surface area (Å²) >= 11 is 0. The number of hydrogen-bond donors (Lipinski definition) is 1. The van der Waals surface area contributed by atoms with Gasteiger partial charge in [0.2, 0.25) is 0 Å². The van der Waals surface area contributed by atoms with Crippen LogP contribution in [0.2, 0.25) is 0 Å². The molecule has 0 aromatic heterocycles. The van der Waals surface area contributed by atoms with Gasteiger partial charge in [-0.25, -0.2) is 0 Å². The Morgan fingerprint density at radius 2 is 2.19 bits per heavy atom. The van der Waals surface area contributed by atoms with E-state index in [4.69, 9.17) is 0 Å². The van der Waals surface area contributed by atoms with Crippen molar-refractivity contribution in [3.8, 4) is 0 Å².